The Morgan fingerprint density at radius 2 is 1.86 bits per heavy atom. The average Bonchev–Trinajstić information content (AvgIpc) is 2.82. The number of rotatable bonds is 3. The van der Waals surface area contributed by atoms with Crippen LogP contribution >= 0.6 is 0 Å². The molecule has 21 heavy (non-hydrogen) atoms. The molecule has 0 bridgehead atoms. The second kappa shape index (κ2) is 5.09. The SMILES string of the molecule is Cc1ccc(Cn2cc(C(=O)O)c3ccccc32)cc1C. The number of hydrogen-bond acceptors (Lipinski definition) is 1. The zero-order chi connectivity index (χ0) is 15.0. The number of fused-ring (bicyclic) bond motifs is 1. The molecule has 1 N–H and O–H groups in total. The Labute approximate surface area is 123 Å². The lowest BCUT2D eigenvalue weighted by Crippen LogP contribution is -1.99. The maximum atomic E-state index is 11.4. The highest BCUT2D eigenvalue weighted by atomic mass is 16.4. The molecule has 3 aromatic rings. The maximum Gasteiger partial charge on any atom is 0.337 e. The van der Waals surface area contributed by atoms with Crippen LogP contribution in [0.5, 0.6) is 0 Å². The van der Waals surface area contributed by atoms with Crippen molar-refractivity contribution in [2.24, 2.45) is 0 Å². The Balaban J connectivity index is 2.08. The van der Waals surface area contributed by atoms with Gasteiger partial charge in [0.2, 0.25) is 0 Å². The molecule has 1 heterocycles. The number of aromatic nitrogens is 1. The van der Waals surface area contributed by atoms with Gasteiger partial charge in [-0.15, -0.1) is 0 Å². The fourth-order valence-electron chi connectivity index (χ4n) is 2.65. The van der Waals surface area contributed by atoms with Gasteiger partial charge in [0.1, 0.15) is 0 Å². The van der Waals surface area contributed by atoms with Crippen molar-refractivity contribution in [3.63, 3.8) is 0 Å². The first-order valence-electron chi connectivity index (χ1n) is 6.93. The smallest absolute Gasteiger partial charge is 0.337 e. The molecule has 0 fully saturated rings. The first-order valence-corrected chi connectivity index (χ1v) is 6.93. The highest BCUT2D eigenvalue weighted by Crippen LogP contribution is 2.23. The van der Waals surface area contributed by atoms with Crippen molar-refractivity contribution in [2.45, 2.75) is 20.4 Å². The lowest BCUT2D eigenvalue weighted by Gasteiger charge is -2.08. The van der Waals surface area contributed by atoms with E-state index in [4.69, 9.17) is 0 Å². The molecule has 0 aliphatic rings. The van der Waals surface area contributed by atoms with E-state index in [9.17, 15) is 9.90 Å². The summed E-state index contributed by atoms with van der Waals surface area (Å²) in [6.45, 7) is 4.86. The standard InChI is InChI=1S/C18H17NO2/c1-12-7-8-14(9-13(12)2)10-19-11-16(18(20)21)15-5-3-4-6-17(15)19/h3-9,11H,10H2,1-2H3,(H,20,21). The summed E-state index contributed by atoms with van der Waals surface area (Å²) in [6.07, 6.45) is 1.72. The predicted octanol–water partition coefficient (Wildman–Crippen LogP) is 4.00. The summed E-state index contributed by atoms with van der Waals surface area (Å²) in [4.78, 5) is 11.4. The lowest BCUT2D eigenvalue weighted by atomic mass is 10.1. The molecule has 0 aliphatic carbocycles. The van der Waals surface area contributed by atoms with Crippen molar-refractivity contribution >= 4 is 16.9 Å². The maximum absolute atomic E-state index is 11.4. The first-order chi connectivity index (χ1) is 10.1. The first kappa shape index (κ1) is 13.4. The van der Waals surface area contributed by atoms with Crippen molar-refractivity contribution in [3.8, 4) is 0 Å². The van der Waals surface area contributed by atoms with Gasteiger partial charge in [0.25, 0.3) is 0 Å². The van der Waals surface area contributed by atoms with Gasteiger partial charge in [-0.25, -0.2) is 4.79 Å². The van der Waals surface area contributed by atoms with E-state index in [1.165, 1.54) is 16.7 Å². The molecule has 3 heteroatoms. The zero-order valence-corrected chi connectivity index (χ0v) is 12.1. The number of aryl methyl sites for hydroxylation is 2. The number of carbonyl (C=O) groups is 1. The Morgan fingerprint density at radius 3 is 2.57 bits per heavy atom. The summed E-state index contributed by atoms with van der Waals surface area (Å²) in [7, 11) is 0. The summed E-state index contributed by atoms with van der Waals surface area (Å²) in [5.41, 5.74) is 5.00. The van der Waals surface area contributed by atoms with E-state index in [2.05, 4.69) is 32.0 Å². The van der Waals surface area contributed by atoms with Gasteiger partial charge in [-0.3, -0.25) is 0 Å². The predicted molar refractivity (Wildman–Crippen MR) is 83.9 cm³/mol. The van der Waals surface area contributed by atoms with Gasteiger partial charge in [-0.2, -0.15) is 0 Å². The van der Waals surface area contributed by atoms with Crippen molar-refractivity contribution in [2.75, 3.05) is 0 Å². The van der Waals surface area contributed by atoms with Gasteiger partial charge in [0.15, 0.2) is 0 Å². The van der Waals surface area contributed by atoms with Crippen LogP contribution in [-0.4, -0.2) is 15.6 Å². The third-order valence-electron chi connectivity index (χ3n) is 3.94. The number of hydrogen-bond donors (Lipinski definition) is 1. The molecule has 2 aromatic carbocycles. The van der Waals surface area contributed by atoms with Crippen LogP contribution in [0.15, 0.2) is 48.7 Å². The number of carboxylic acids is 1. The summed E-state index contributed by atoms with van der Waals surface area (Å²) >= 11 is 0. The van der Waals surface area contributed by atoms with E-state index in [1.807, 2.05) is 28.8 Å². The van der Waals surface area contributed by atoms with Crippen LogP contribution < -0.4 is 0 Å². The number of para-hydroxylation sites is 1. The molecule has 1 aromatic heterocycles. The quantitative estimate of drug-likeness (QED) is 0.787. The minimum atomic E-state index is -0.884. The summed E-state index contributed by atoms with van der Waals surface area (Å²) in [6, 6.07) is 14.0. The fraction of sp³-hybridized carbons (Fsp3) is 0.167. The fourth-order valence-corrected chi connectivity index (χ4v) is 2.65. The van der Waals surface area contributed by atoms with Crippen LogP contribution in [0.2, 0.25) is 0 Å². The average molecular weight is 279 g/mol. The van der Waals surface area contributed by atoms with Gasteiger partial charge in [0.05, 0.1) is 5.56 Å². The third-order valence-corrected chi connectivity index (χ3v) is 3.94. The van der Waals surface area contributed by atoms with Crippen LogP contribution in [0.3, 0.4) is 0 Å². The van der Waals surface area contributed by atoms with E-state index in [-0.39, 0.29) is 0 Å². The highest BCUT2D eigenvalue weighted by Gasteiger charge is 2.13. The summed E-state index contributed by atoms with van der Waals surface area (Å²) in [5.74, 6) is -0.884. The van der Waals surface area contributed by atoms with Crippen molar-refractivity contribution in [1.29, 1.82) is 0 Å². The van der Waals surface area contributed by atoms with Gasteiger partial charge in [0, 0.05) is 23.6 Å². The molecular weight excluding hydrogens is 262 g/mol. The van der Waals surface area contributed by atoms with E-state index < -0.39 is 5.97 Å². The molecule has 0 amide bonds. The topological polar surface area (TPSA) is 42.2 Å². The van der Waals surface area contributed by atoms with Crippen LogP contribution in [0, 0.1) is 13.8 Å². The molecule has 0 unspecified atom stereocenters. The molecular formula is C18H17NO2. The molecule has 0 saturated heterocycles. The van der Waals surface area contributed by atoms with Gasteiger partial charge in [-0.05, 0) is 36.6 Å². The molecule has 106 valence electrons. The summed E-state index contributed by atoms with van der Waals surface area (Å²) in [5, 5.41) is 10.1. The van der Waals surface area contributed by atoms with Crippen molar-refractivity contribution in [3.05, 3.63) is 70.9 Å². The van der Waals surface area contributed by atoms with E-state index in [0.717, 1.165) is 10.9 Å². The largest absolute Gasteiger partial charge is 0.478 e. The van der Waals surface area contributed by atoms with Crippen LogP contribution in [0.25, 0.3) is 10.9 Å². The molecule has 0 saturated carbocycles. The number of aromatic carboxylic acids is 1. The number of carboxylic acid groups (broad SMARTS) is 1. The van der Waals surface area contributed by atoms with E-state index in [1.54, 1.807) is 6.20 Å². The number of nitrogens with zero attached hydrogens (tertiary/aromatic N) is 1. The van der Waals surface area contributed by atoms with Gasteiger partial charge < -0.3 is 9.67 Å². The molecule has 0 aliphatic heterocycles. The Kier molecular flexibility index (Phi) is 3.26. The summed E-state index contributed by atoms with van der Waals surface area (Å²) < 4.78 is 2.00. The normalized spacial score (nSPS) is 11.0. The molecule has 0 spiro atoms. The minimum absolute atomic E-state index is 0.356. The monoisotopic (exact) mass is 279 g/mol. The molecule has 0 atom stereocenters. The zero-order valence-electron chi connectivity index (χ0n) is 12.1. The van der Waals surface area contributed by atoms with E-state index in [0.29, 0.717) is 12.1 Å². The van der Waals surface area contributed by atoms with E-state index >= 15 is 0 Å². The van der Waals surface area contributed by atoms with Gasteiger partial charge in [-0.1, -0.05) is 36.4 Å². The van der Waals surface area contributed by atoms with Crippen molar-refractivity contribution in [1.82, 2.24) is 4.57 Å². The van der Waals surface area contributed by atoms with Crippen LogP contribution in [-0.2, 0) is 6.54 Å². The van der Waals surface area contributed by atoms with Crippen LogP contribution in [0.4, 0.5) is 0 Å². The minimum Gasteiger partial charge on any atom is -0.478 e. The van der Waals surface area contributed by atoms with Crippen molar-refractivity contribution < 1.29 is 9.90 Å². The second-order valence-corrected chi connectivity index (χ2v) is 5.41. The number of benzene rings is 2. The molecule has 3 nitrogen and oxygen atoms in total. The molecule has 0 radical (unpaired) electrons. The lowest BCUT2D eigenvalue weighted by molar-refractivity contribution is 0.0699. The van der Waals surface area contributed by atoms with Crippen LogP contribution in [0.1, 0.15) is 27.0 Å². The Hall–Kier alpha value is -2.55. The second-order valence-electron chi connectivity index (χ2n) is 5.41. The Bertz CT molecular complexity index is 830. The Morgan fingerprint density at radius 1 is 1.10 bits per heavy atom. The third kappa shape index (κ3) is 2.42. The highest BCUT2D eigenvalue weighted by molar-refractivity contribution is 6.03. The van der Waals surface area contributed by atoms with Gasteiger partial charge >= 0.3 is 5.97 Å². The molecule has 3 rings (SSSR count).